The van der Waals surface area contributed by atoms with Crippen LogP contribution in [0.2, 0.25) is 0 Å². The lowest BCUT2D eigenvalue weighted by molar-refractivity contribution is -0.114. The van der Waals surface area contributed by atoms with Crippen molar-refractivity contribution in [1.82, 2.24) is 0 Å². The number of thiol groups is 1. The summed E-state index contributed by atoms with van der Waals surface area (Å²) in [5, 5.41) is 0. The van der Waals surface area contributed by atoms with Crippen molar-refractivity contribution >= 4 is 18.4 Å². The first-order valence-corrected chi connectivity index (χ1v) is 4.82. The zero-order valence-corrected chi connectivity index (χ0v) is 9.31. The largest absolute Gasteiger partial charge is 0.294 e. The summed E-state index contributed by atoms with van der Waals surface area (Å²) in [6.07, 6.45) is 6.04. The van der Waals surface area contributed by atoms with E-state index in [2.05, 4.69) is 25.8 Å². The number of hydrogen-bond donors (Lipinski definition) is 1. The van der Waals surface area contributed by atoms with E-state index in [1.807, 2.05) is 32.1 Å². The van der Waals surface area contributed by atoms with Crippen LogP contribution >= 0.6 is 12.6 Å². The van der Waals surface area contributed by atoms with Crippen molar-refractivity contribution in [3.05, 3.63) is 37.0 Å². The van der Waals surface area contributed by atoms with Gasteiger partial charge in [0.1, 0.15) is 0 Å². The van der Waals surface area contributed by atoms with Crippen molar-refractivity contribution in [2.45, 2.75) is 20.3 Å². The lowest BCUT2D eigenvalue weighted by Crippen LogP contribution is -2.00. The first-order chi connectivity index (χ1) is 6.26. The molecule has 0 aliphatic carbocycles. The molecule has 0 aromatic heterocycles. The van der Waals surface area contributed by atoms with Gasteiger partial charge in [0, 0.05) is 12.0 Å². The smallest absolute Gasteiger partial charge is 0.163 e. The van der Waals surface area contributed by atoms with E-state index in [0.29, 0.717) is 12.2 Å². The molecule has 0 N–H and O–H groups in total. The van der Waals surface area contributed by atoms with E-state index in [-0.39, 0.29) is 5.78 Å². The molecule has 0 aliphatic heterocycles. The van der Waals surface area contributed by atoms with Gasteiger partial charge in [-0.05, 0) is 19.6 Å². The average Bonchev–Trinajstić information content (AvgIpc) is 2.17. The fourth-order valence-corrected chi connectivity index (χ4v) is 0.979. The Morgan fingerprint density at radius 2 is 1.92 bits per heavy atom. The molecular formula is C11H18OS. The van der Waals surface area contributed by atoms with Gasteiger partial charge in [0.05, 0.1) is 0 Å². The molecule has 0 bridgehead atoms. The molecule has 0 unspecified atom stereocenters. The Balaban J connectivity index is 0. The molecule has 0 saturated carbocycles. The van der Waals surface area contributed by atoms with E-state index in [1.54, 1.807) is 0 Å². The Morgan fingerprint density at radius 3 is 2.23 bits per heavy atom. The van der Waals surface area contributed by atoms with Crippen LogP contribution < -0.4 is 0 Å². The molecular weight excluding hydrogens is 180 g/mol. The zero-order valence-electron chi connectivity index (χ0n) is 8.42. The predicted octanol–water partition coefficient (Wildman–Crippen LogP) is 3.20. The summed E-state index contributed by atoms with van der Waals surface area (Å²) in [7, 11) is 0. The minimum atomic E-state index is 0.167. The van der Waals surface area contributed by atoms with Crippen LogP contribution in [0.4, 0.5) is 0 Å². The molecule has 13 heavy (non-hydrogen) atoms. The number of carbonyl (C=O) groups is 1. The summed E-state index contributed by atoms with van der Waals surface area (Å²) in [4.78, 5) is 11.2. The average molecular weight is 198 g/mol. The van der Waals surface area contributed by atoms with Gasteiger partial charge >= 0.3 is 0 Å². The van der Waals surface area contributed by atoms with E-state index < -0.39 is 0 Å². The summed E-state index contributed by atoms with van der Waals surface area (Å²) in [6, 6.07) is 0. The molecule has 0 spiro atoms. The summed E-state index contributed by atoms with van der Waals surface area (Å²) >= 11 is 3.99. The van der Waals surface area contributed by atoms with Crippen molar-refractivity contribution in [3.8, 4) is 0 Å². The monoisotopic (exact) mass is 198 g/mol. The Kier molecular flexibility index (Phi) is 12.8. The fourth-order valence-electron chi connectivity index (χ4n) is 0.776. The Labute approximate surface area is 86.6 Å². The number of carbonyl (C=O) groups excluding carboxylic acids is 1. The summed E-state index contributed by atoms with van der Waals surface area (Å²) in [5.74, 6) is 0.786. The molecule has 0 fully saturated rings. The molecule has 0 rings (SSSR count). The molecule has 1 nitrogen and oxygen atoms in total. The number of hydrogen-bond acceptors (Lipinski definition) is 2. The number of ketones is 1. The second-order valence-corrected chi connectivity index (χ2v) is 2.59. The molecule has 74 valence electrons. The standard InChI is InChI=1S/C9H14OS.C2H4/c1-3-5-8(4-2)9(10)6-7-11;1-2/h3-5,11H,6-7H2,1-2H3;1-2H2/b5-3-,8-4+;. The van der Waals surface area contributed by atoms with Crippen molar-refractivity contribution in [3.63, 3.8) is 0 Å². The van der Waals surface area contributed by atoms with E-state index in [9.17, 15) is 4.79 Å². The first-order valence-electron chi connectivity index (χ1n) is 4.19. The maximum absolute atomic E-state index is 11.2. The van der Waals surface area contributed by atoms with E-state index >= 15 is 0 Å². The SMILES string of the molecule is C/C=C\C(=C/C)C(=O)CCS.C=C. The molecule has 0 aromatic carbocycles. The normalized spacial score (nSPS) is 10.8. The molecule has 0 atom stereocenters. The highest BCUT2D eigenvalue weighted by molar-refractivity contribution is 7.80. The van der Waals surface area contributed by atoms with Gasteiger partial charge in [-0.25, -0.2) is 0 Å². The zero-order chi connectivity index (χ0) is 10.7. The van der Waals surface area contributed by atoms with Crippen LogP contribution in [0.15, 0.2) is 37.0 Å². The summed E-state index contributed by atoms with van der Waals surface area (Å²) in [6.45, 7) is 9.77. The lowest BCUT2D eigenvalue weighted by atomic mass is 10.1. The van der Waals surface area contributed by atoms with Gasteiger partial charge in [0.2, 0.25) is 0 Å². The molecule has 0 amide bonds. The topological polar surface area (TPSA) is 17.1 Å². The van der Waals surface area contributed by atoms with Crippen molar-refractivity contribution in [2.24, 2.45) is 0 Å². The van der Waals surface area contributed by atoms with Gasteiger partial charge in [-0.2, -0.15) is 12.6 Å². The summed E-state index contributed by atoms with van der Waals surface area (Å²) in [5.41, 5.74) is 0.779. The molecule has 0 heterocycles. The molecule has 2 heteroatoms. The quantitative estimate of drug-likeness (QED) is 0.318. The second-order valence-electron chi connectivity index (χ2n) is 2.14. The minimum absolute atomic E-state index is 0.167. The molecule has 0 saturated heterocycles. The maximum atomic E-state index is 11.2. The van der Waals surface area contributed by atoms with Gasteiger partial charge in [-0.3, -0.25) is 4.79 Å². The van der Waals surface area contributed by atoms with Crippen LogP contribution in [0.3, 0.4) is 0 Å². The number of Topliss-reactive ketones (excluding diaryl/α,β-unsaturated/α-hetero) is 1. The highest BCUT2D eigenvalue weighted by Gasteiger charge is 2.02. The maximum Gasteiger partial charge on any atom is 0.163 e. The summed E-state index contributed by atoms with van der Waals surface area (Å²) < 4.78 is 0. The van der Waals surface area contributed by atoms with Gasteiger partial charge in [0.25, 0.3) is 0 Å². The Hall–Kier alpha value is -0.760. The third kappa shape index (κ3) is 7.60. The van der Waals surface area contributed by atoms with E-state index in [4.69, 9.17) is 0 Å². The van der Waals surface area contributed by atoms with Crippen LogP contribution in [0, 0.1) is 0 Å². The molecule has 0 aromatic rings. The van der Waals surface area contributed by atoms with E-state index in [1.165, 1.54) is 0 Å². The highest BCUT2D eigenvalue weighted by Crippen LogP contribution is 2.02. The third-order valence-electron chi connectivity index (χ3n) is 1.32. The lowest BCUT2D eigenvalue weighted by Gasteiger charge is -1.96. The second kappa shape index (κ2) is 11.2. The van der Waals surface area contributed by atoms with Crippen LogP contribution in [0.25, 0.3) is 0 Å². The third-order valence-corrected chi connectivity index (χ3v) is 1.54. The van der Waals surface area contributed by atoms with Crippen LogP contribution in [-0.4, -0.2) is 11.5 Å². The predicted molar refractivity (Wildman–Crippen MR) is 63.3 cm³/mol. The van der Waals surface area contributed by atoms with Crippen molar-refractivity contribution < 1.29 is 4.79 Å². The first kappa shape index (κ1) is 14.7. The molecule has 0 radical (unpaired) electrons. The van der Waals surface area contributed by atoms with Crippen molar-refractivity contribution in [2.75, 3.05) is 5.75 Å². The van der Waals surface area contributed by atoms with Gasteiger partial charge < -0.3 is 0 Å². The highest BCUT2D eigenvalue weighted by atomic mass is 32.1. The molecule has 0 aliphatic rings. The van der Waals surface area contributed by atoms with Crippen LogP contribution in [0.5, 0.6) is 0 Å². The number of rotatable bonds is 4. The number of allylic oxidation sites excluding steroid dienone is 4. The van der Waals surface area contributed by atoms with Crippen LogP contribution in [-0.2, 0) is 4.79 Å². The van der Waals surface area contributed by atoms with Gasteiger partial charge in [-0.1, -0.05) is 18.2 Å². The van der Waals surface area contributed by atoms with E-state index in [0.717, 1.165) is 5.57 Å². The van der Waals surface area contributed by atoms with Gasteiger partial charge in [-0.15, -0.1) is 13.2 Å². The Bertz CT molecular complexity index is 192. The fraction of sp³-hybridized carbons (Fsp3) is 0.364. The Morgan fingerprint density at radius 1 is 1.38 bits per heavy atom. The van der Waals surface area contributed by atoms with Crippen LogP contribution in [0.1, 0.15) is 20.3 Å². The van der Waals surface area contributed by atoms with Crippen molar-refractivity contribution in [1.29, 1.82) is 0 Å². The minimum Gasteiger partial charge on any atom is -0.294 e. The van der Waals surface area contributed by atoms with Gasteiger partial charge in [0.15, 0.2) is 5.78 Å².